The van der Waals surface area contributed by atoms with Crippen molar-refractivity contribution in [2.75, 3.05) is 25.2 Å². The number of benzene rings is 1. The van der Waals surface area contributed by atoms with Crippen molar-refractivity contribution in [2.24, 2.45) is 5.92 Å². The summed E-state index contributed by atoms with van der Waals surface area (Å²) in [6.07, 6.45) is -9.80. The molecule has 0 saturated carbocycles. The monoisotopic (exact) mass is 526 g/mol. The summed E-state index contributed by atoms with van der Waals surface area (Å²) in [4.78, 5) is 12.8. The maximum atomic E-state index is 12.8. The zero-order valence-electron chi connectivity index (χ0n) is 19.7. The molecule has 4 rings (SSSR count). The number of hydrogen-bond donors (Lipinski definition) is 9. The highest BCUT2D eigenvalue weighted by atomic mass is 16.6. The van der Waals surface area contributed by atoms with Crippen molar-refractivity contribution in [1.29, 1.82) is 0 Å². The Morgan fingerprint density at radius 1 is 1.00 bits per heavy atom. The lowest BCUT2D eigenvalue weighted by molar-refractivity contribution is -0.495. The van der Waals surface area contributed by atoms with Crippen LogP contribution in [0.4, 0.5) is 5.82 Å². The minimum atomic E-state index is -1.74. The van der Waals surface area contributed by atoms with Crippen LogP contribution in [-0.4, -0.2) is 122 Å². The Hall–Kier alpha value is -2.57. The Kier molecular flexibility index (Phi) is 8.81. The molecule has 15 heteroatoms. The Morgan fingerprint density at radius 2 is 1.76 bits per heavy atom. The number of carbonyl (C=O) groups excluding carboxylic acids is 1. The zero-order valence-corrected chi connectivity index (χ0v) is 19.7. The number of aliphatic hydroxyl groups excluding tert-OH is 6. The van der Waals surface area contributed by atoms with Crippen LogP contribution >= 0.6 is 0 Å². The summed E-state index contributed by atoms with van der Waals surface area (Å²) in [7, 11) is 0. The normalized spacial score (nSPS) is 36.3. The third-order valence-corrected chi connectivity index (χ3v) is 6.67. The van der Waals surface area contributed by atoms with Crippen LogP contribution in [-0.2, 0) is 19.0 Å². The average Bonchev–Trinajstić information content (AvgIpc) is 2.91. The van der Waals surface area contributed by atoms with Gasteiger partial charge in [-0.15, -0.1) is 5.10 Å². The molecular formula is C22H32N5O10+. The lowest BCUT2D eigenvalue weighted by Gasteiger charge is -2.41. The maximum Gasteiger partial charge on any atom is 0.270 e. The van der Waals surface area contributed by atoms with Gasteiger partial charge in [0.25, 0.3) is 5.91 Å². The third kappa shape index (κ3) is 5.80. The molecule has 0 spiro atoms. The van der Waals surface area contributed by atoms with Crippen molar-refractivity contribution in [3.05, 3.63) is 30.5 Å². The van der Waals surface area contributed by atoms with E-state index in [0.29, 0.717) is 5.39 Å². The summed E-state index contributed by atoms with van der Waals surface area (Å²) >= 11 is 0. The predicted octanol–water partition coefficient (Wildman–Crippen LogP) is -4.76. The minimum absolute atomic E-state index is 0.157. The number of aliphatic hydroxyl groups is 6. The molecule has 0 radical (unpaired) electrons. The first-order chi connectivity index (χ1) is 17.7. The van der Waals surface area contributed by atoms with E-state index in [4.69, 9.17) is 14.2 Å². The van der Waals surface area contributed by atoms with Crippen molar-refractivity contribution >= 4 is 22.5 Å². The number of carbonyl (C=O) groups is 1. The van der Waals surface area contributed by atoms with Gasteiger partial charge in [-0.25, -0.2) is 0 Å². The molecule has 0 aliphatic carbocycles. The Labute approximate surface area is 210 Å². The van der Waals surface area contributed by atoms with Crippen LogP contribution in [0.2, 0.25) is 0 Å². The van der Waals surface area contributed by atoms with E-state index >= 15 is 0 Å². The molecule has 3 heterocycles. The molecule has 11 N–H and O–H groups in total. The summed E-state index contributed by atoms with van der Waals surface area (Å²) in [6, 6.07) is 6.41. The fraction of sp³-hybridized carbons (Fsp3) is 0.591. The molecule has 37 heavy (non-hydrogen) atoms. The van der Waals surface area contributed by atoms with Gasteiger partial charge in [-0.3, -0.25) is 15.6 Å². The number of aromatic nitrogens is 2. The number of nitrogens with one attached hydrogen (secondary N) is 2. The lowest BCUT2D eigenvalue weighted by atomic mass is 9.88. The lowest BCUT2D eigenvalue weighted by Crippen LogP contribution is -2.76. The molecule has 1 aromatic carbocycles. The van der Waals surface area contributed by atoms with E-state index in [1.807, 2.05) is 12.1 Å². The van der Waals surface area contributed by atoms with E-state index in [0.717, 1.165) is 5.39 Å². The number of hydrazine groups is 1. The molecule has 204 valence electrons. The average molecular weight is 527 g/mol. The van der Waals surface area contributed by atoms with Gasteiger partial charge in [-0.2, -0.15) is 5.10 Å². The van der Waals surface area contributed by atoms with Gasteiger partial charge in [-0.1, -0.05) is 24.3 Å². The minimum Gasteiger partial charge on any atom is -0.394 e. The molecule has 2 fully saturated rings. The summed E-state index contributed by atoms with van der Waals surface area (Å²) in [5, 5.41) is 70.0. The summed E-state index contributed by atoms with van der Waals surface area (Å²) in [6.45, 7) is -1.01. The Balaban J connectivity index is 1.36. The molecule has 2 aliphatic heterocycles. The fourth-order valence-electron chi connectivity index (χ4n) is 4.41. The second-order valence-corrected chi connectivity index (χ2v) is 9.07. The zero-order chi connectivity index (χ0) is 26.7. The van der Waals surface area contributed by atoms with Gasteiger partial charge in [0.1, 0.15) is 36.6 Å². The number of quaternary nitrogens is 1. The van der Waals surface area contributed by atoms with Crippen LogP contribution in [0.5, 0.6) is 0 Å². The Bertz CT molecular complexity index is 1060. The molecule has 10 atom stereocenters. The number of amides is 1. The predicted molar refractivity (Wildman–Crippen MR) is 123 cm³/mol. The third-order valence-electron chi connectivity index (χ3n) is 6.67. The van der Waals surface area contributed by atoms with Gasteiger partial charge in [-0.05, 0) is 0 Å². The van der Waals surface area contributed by atoms with Crippen LogP contribution in [0.15, 0.2) is 30.5 Å². The smallest absolute Gasteiger partial charge is 0.270 e. The number of fused-ring (bicyclic) bond motifs is 1. The van der Waals surface area contributed by atoms with Gasteiger partial charge >= 0.3 is 0 Å². The van der Waals surface area contributed by atoms with Crippen molar-refractivity contribution < 1.29 is 55.4 Å². The molecule has 2 aromatic rings. The van der Waals surface area contributed by atoms with E-state index in [-0.39, 0.29) is 19.0 Å². The number of rotatable bonds is 8. The molecule has 0 bridgehead atoms. The van der Waals surface area contributed by atoms with Gasteiger partial charge in [0, 0.05) is 10.8 Å². The molecule has 4 unspecified atom stereocenters. The quantitative estimate of drug-likeness (QED) is 0.147. The highest BCUT2D eigenvalue weighted by Gasteiger charge is 2.48. The SMILES string of the molecule is [NH3+]C1[C@@H](O)OC(CO)[C@@H](O)[C@H]1COC[C@@H]1OC(C(=O)NNc2nncc3ccccc23)[C@@H](O)[C@@H](O)C1O. The van der Waals surface area contributed by atoms with Crippen molar-refractivity contribution in [2.45, 2.75) is 55.1 Å². The molecule has 2 saturated heterocycles. The highest BCUT2D eigenvalue weighted by Crippen LogP contribution is 2.26. The largest absolute Gasteiger partial charge is 0.394 e. The molecule has 1 amide bonds. The van der Waals surface area contributed by atoms with E-state index in [1.54, 1.807) is 18.3 Å². The van der Waals surface area contributed by atoms with Gasteiger partial charge in [0.15, 0.2) is 11.9 Å². The highest BCUT2D eigenvalue weighted by molar-refractivity contribution is 5.92. The van der Waals surface area contributed by atoms with Crippen LogP contribution < -0.4 is 16.6 Å². The summed E-state index contributed by atoms with van der Waals surface area (Å²) < 4.78 is 16.2. The number of ether oxygens (including phenoxy) is 3. The molecule has 15 nitrogen and oxygen atoms in total. The van der Waals surface area contributed by atoms with Crippen LogP contribution in [0, 0.1) is 5.92 Å². The standard InChI is InChI=1S/C22H31N5O10/c23-14-11(15(29)12(6-28)37-22(14)34)7-35-8-13-16(30)17(31)18(32)19(36-13)21(33)27-26-20-10-4-2-1-3-9(10)5-24-25-20/h1-5,11-19,22,28-32,34H,6-8,23H2,(H,25,26)(H,27,33)/p+1/t11-,12?,13-,14?,15-,16?,17-,18-,19?,22-/m0/s1. The number of hydrogen-bond acceptors (Lipinski definition) is 13. The van der Waals surface area contributed by atoms with E-state index in [1.165, 1.54) is 0 Å². The van der Waals surface area contributed by atoms with Gasteiger partial charge < -0.3 is 50.6 Å². The summed E-state index contributed by atoms with van der Waals surface area (Å²) in [5.41, 5.74) is 8.75. The summed E-state index contributed by atoms with van der Waals surface area (Å²) in [5.74, 6) is -1.31. The van der Waals surface area contributed by atoms with Crippen LogP contribution in [0.3, 0.4) is 0 Å². The first kappa shape index (κ1) is 27.5. The van der Waals surface area contributed by atoms with E-state index in [9.17, 15) is 35.4 Å². The van der Waals surface area contributed by atoms with Crippen LogP contribution in [0.25, 0.3) is 10.8 Å². The molecule has 1 aromatic heterocycles. The van der Waals surface area contributed by atoms with Gasteiger partial charge in [0.2, 0.25) is 6.29 Å². The second kappa shape index (κ2) is 11.9. The van der Waals surface area contributed by atoms with Crippen molar-refractivity contribution in [3.63, 3.8) is 0 Å². The fourth-order valence-corrected chi connectivity index (χ4v) is 4.41. The van der Waals surface area contributed by atoms with E-state index < -0.39 is 73.5 Å². The molecule has 2 aliphatic rings. The van der Waals surface area contributed by atoms with Crippen molar-refractivity contribution in [3.8, 4) is 0 Å². The first-order valence-electron chi connectivity index (χ1n) is 11.7. The van der Waals surface area contributed by atoms with Crippen LogP contribution in [0.1, 0.15) is 0 Å². The number of nitrogens with zero attached hydrogens (tertiary/aromatic N) is 2. The Morgan fingerprint density at radius 3 is 2.51 bits per heavy atom. The first-order valence-corrected chi connectivity index (χ1v) is 11.7. The van der Waals surface area contributed by atoms with Crippen molar-refractivity contribution in [1.82, 2.24) is 15.6 Å². The van der Waals surface area contributed by atoms with Gasteiger partial charge in [0.05, 0.1) is 38.0 Å². The topological polar surface area (TPSA) is 244 Å². The number of anilines is 1. The molecular weight excluding hydrogens is 494 g/mol. The van der Waals surface area contributed by atoms with E-state index in [2.05, 4.69) is 26.8 Å². The maximum absolute atomic E-state index is 12.8. The second-order valence-electron chi connectivity index (χ2n) is 9.07.